The monoisotopic (exact) mass is 684 g/mol. The minimum Gasteiger partial charge on any atom is -0.466 e. The van der Waals surface area contributed by atoms with Crippen molar-refractivity contribution >= 4 is 5.97 Å². The summed E-state index contributed by atoms with van der Waals surface area (Å²) >= 11 is 0. The molecule has 4 aliphatic rings. The van der Waals surface area contributed by atoms with Gasteiger partial charge in [0.1, 0.15) is 0 Å². The largest absolute Gasteiger partial charge is 0.466 e. The highest BCUT2D eigenvalue weighted by Gasteiger charge is 2.62. The van der Waals surface area contributed by atoms with E-state index in [4.69, 9.17) is 14.2 Å². The number of hydrogen-bond acceptors (Lipinski definition) is 5. The molecule has 0 heterocycles. The molecule has 1 N–H and O–H groups in total. The summed E-state index contributed by atoms with van der Waals surface area (Å²) in [6.07, 6.45) is 12.2. The standard InChI is InChI=1S/C45H64O5/c1-30(2)35(22-24-48-32(4)46)25-42(47)31(3)39-19-20-40-38-18-17-36-26-37(49-28-33-13-9-7-10-14-33)27-43(50-29-34-15-11-8-12-16-34)45(36,6)41(38)21-23-44(39,40)5/h7-16,19,30-31,35-38,40-43,47H,17-18,20-29H2,1-6H3. The first-order valence-corrected chi connectivity index (χ1v) is 19.8. The number of aliphatic hydroxyl groups excluding tert-OH is 1. The van der Waals surface area contributed by atoms with E-state index in [1.807, 2.05) is 0 Å². The number of carbonyl (C=O) groups is 1. The molecule has 0 radical (unpaired) electrons. The van der Waals surface area contributed by atoms with Crippen LogP contribution in [-0.4, -0.2) is 36.0 Å². The van der Waals surface area contributed by atoms with E-state index in [1.54, 1.807) is 0 Å². The lowest BCUT2D eigenvalue weighted by atomic mass is 9.43. The number of allylic oxidation sites excluding steroid dienone is 1. The lowest BCUT2D eigenvalue weighted by Crippen LogP contribution is -2.60. The Balaban J connectivity index is 1.16. The summed E-state index contributed by atoms with van der Waals surface area (Å²) < 4.78 is 19.0. The summed E-state index contributed by atoms with van der Waals surface area (Å²) in [5, 5.41) is 11.7. The van der Waals surface area contributed by atoms with Gasteiger partial charge in [0.15, 0.2) is 0 Å². The van der Waals surface area contributed by atoms with Gasteiger partial charge >= 0.3 is 5.97 Å². The number of hydrogen-bond donors (Lipinski definition) is 1. The molecule has 11 unspecified atom stereocenters. The maximum absolute atomic E-state index is 11.7. The summed E-state index contributed by atoms with van der Waals surface area (Å²) in [5.74, 6) is 3.17. The molecule has 3 saturated carbocycles. The number of esters is 1. The van der Waals surface area contributed by atoms with Gasteiger partial charge in [-0.15, -0.1) is 0 Å². The molecule has 4 aliphatic carbocycles. The zero-order chi connectivity index (χ0) is 35.5. The zero-order valence-corrected chi connectivity index (χ0v) is 31.7. The van der Waals surface area contributed by atoms with Gasteiger partial charge in [-0.1, -0.05) is 107 Å². The number of benzene rings is 2. The van der Waals surface area contributed by atoms with Gasteiger partial charge in [-0.3, -0.25) is 4.79 Å². The molecule has 11 atom stereocenters. The van der Waals surface area contributed by atoms with Crippen molar-refractivity contribution in [3.63, 3.8) is 0 Å². The molecule has 0 aromatic heterocycles. The van der Waals surface area contributed by atoms with Gasteiger partial charge in [0.25, 0.3) is 0 Å². The Labute approximate surface area is 302 Å². The second-order valence-electron chi connectivity index (χ2n) is 17.3. The molecule has 3 fully saturated rings. The van der Waals surface area contributed by atoms with E-state index < -0.39 is 6.10 Å². The second kappa shape index (κ2) is 16.0. The molecule has 0 amide bonds. The molecule has 2 aromatic rings. The van der Waals surface area contributed by atoms with Crippen LogP contribution in [0.25, 0.3) is 0 Å². The third kappa shape index (κ3) is 7.81. The Morgan fingerprint density at radius 3 is 2.18 bits per heavy atom. The molecule has 2 aromatic carbocycles. The second-order valence-corrected chi connectivity index (χ2v) is 17.3. The van der Waals surface area contributed by atoms with Crippen LogP contribution in [0.3, 0.4) is 0 Å². The minimum absolute atomic E-state index is 0.117. The molecule has 0 aliphatic heterocycles. The highest BCUT2D eigenvalue weighted by molar-refractivity contribution is 5.65. The number of ether oxygens (including phenoxy) is 3. The van der Waals surface area contributed by atoms with Gasteiger partial charge in [-0.05, 0) is 109 Å². The maximum atomic E-state index is 11.7. The van der Waals surface area contributed by atoms with Gasteiger partial charge in [0, 0.05) is 19.3 Å². The lowest BCUT2D eigenvalue weighted by molar-refractivity contribution is -0.205. The Bertz CT molecular complexity index is 1420. The van der Waals surface area contributed by atoms with Gasteiger partial charge in [0.2, 0.25) is 0 Å². The summed E-state index contributed by atoms with van der Waals surface area (Å²) in [4.78, 5) is 11.4. The van der Waals surface area contributed by atoms with E-state index in [0.717, 1.165) is 32.1 Å². The van der Waals surface area contributed by atoms with Crippen LogP contribution < -0.4 is 0 Å². The van der Waals surface area contributed by atoms with Crippen molar-refractivity contribution in [2.24, 2.45) is 52.3 Å². The number of aliphatic hydroxyl groups is 1. The van der Waals surface area contributed by atoms with Crippen molar-refractivity contribution in [3.05, 3.63) is 83.4 Å². The predicted octanol–water partition coefficient (Wildman–Crippen LogP) is 9.96. The molecule has 0 bridgehead atoms. The molecule has 0 spiro atoms. The SMILES string of the molecule is CC(=O)OCCC(CC(O)C(C)C1=CCC2C3CCC4CC(OCc5ccccc5)CC(OCc5ccccc5)C4(C)C3CCC12C)C(C)C. The zero-order valence-electron chi connectivity index (χ0n) is 31.7. The van der Waals surface area contributed by atoms with E-state index in [9.17, 15) is 9.90 Å². The van der Waals surface area contributed by atoms with Gasteiger partial charge < -0.3 is 19.3 Å². The molecule has 50 heavy (non-hydrogen) atoms. The van der Waals surface area contributed by atoms with Crippen LogP contribution in [0.2, 0.25) is 0 Å². The fraction of sp³-hybridized carbons (Fsp3) is 0.667. The topological polar surface area (TPSA) is 65.0 Å². The van der Waals surface area contributed by atoms with Crippen LogP contribution in [0.5, 0.6) is 0 Å². The van der Waals surface area contributed by atoms with E-state index in [-0.39, 0.29) is 34.9 Å². The van der Waals surface area contributed by atoms with Crippen molar-refractivity contribution in [1.29, 1.82) is 0 Å². The quantitative estimate of drug-likeness (QED) is 0.159. The van der Waals surface area contributed by atoms with Crippen molar-refractivity contribution < 1.29 is 24.1 Å². The van der Waals surface area contributed by atoms with Crippen molar-refractivity contribution in [2.75, 3.05) is 6.61 Å². The van der Waals surface area contributed by atoms with Crippen LogP contribution >= 0.6 is 0 Å². The fourth-order valence-electron chi connectivity index (χ4n) is 11.3. The molecule has 0 saturated heterocycles. The highest BCUT2D eigenvalue weighted by Crippen LogP contribution is 2.67. The van der Waals surface area contributed by atoms with Crippen LogP contribution in [0.4, 0.5) is 0 Å². The number of carbonyl (C=O) groups excluding carboxylic acids is 1. The third-order valence-electron chi connectivity index (χ3n) is 14.3. The van der Waals surface area contributed by atoms with Crippen molar-refractivity contribution in [3.8, 4) is 0 Å². The number of fused-ring (bicyclic) bond motifs is 5. The van der Waals surface area contributed by atoms with Crippen LogP contribution in [0.15, 0.2) is 72.3 Å². The number of rotatable bonds is 14. The van der Waals surface area contributed by atoms with Crippen molar-refractivity contribution in [2.45, 2.75) is 131 Å². The van der Waals surface area contributed by atoms with Crippen LogP contribution in [0.1, 0.15) is 110 Å². The van der Waals surface area contributed by atoms with E-state index in [2.05, 4.69) is 101 Å². The molecule has 5 heteroatoms. The summed E-state index contributed by atoms with van der Waals surface area (Å²) in [5.41, 5.74) is 4.23. The Morgan fingerprint density at radius 2 is 1.54 bits per heavy atom. The summed E-state index contributed by atoms with van der Waals surface area (Å²) in [7, 11) is 0. The molecular weight excluding hydrogens is 620 g/mol. The molecule has 274 valence electrons. The van der Waals surface area contributed by atoms with Gasteiger partial charge in [0.05, 0.1) is 38.1 Å². The molecular formula is C45H64O5. The van der Waals surface area contributed by atoms with Crippen LogP contribution in [0, 0.1) is 52.3 Å². The van der Waals surface area contributed by atoms with E-state index >= 15 is 0 Å². The smallest absolute Gasteiger partial charge is 0.302 e. The highest BCUT2D eigenvalue weighted by atomic mass is 16.5. The minimum atomic E-state index is -0.394. The Morgan fingerprint density at radius 1 is 0.880 bits per heavy atom. The Kier molecular flexibility index (Phi) is 12.0. The lowest BCUT2D eigenvalue weighted by Gasteiger charge is -2.63. The van der Waals surface area contributed by atoms with Gasteiger partial charge in [-0.25, -0.2) is 0 Å². The average molecular weight is 685 g/mol. The predicted molar refractivity (Wildman–Crippen MR) is 200 cm³/mol. The van der Waals surface area contributed by atoms with Gasteiger partial charge in [-0.2, -0.15) is 0 Å². The first-order valence-electron chi connectivity index (χ1n) is 19.8. The summed E-state index contributed by atoms with van der Waals surface area (Å²) in [6.45, 7) is 15.0. The van der Waals surface area contributed by atoms with Crippen LogP contribution in [-0.2, 0) is 32.2 Å². The summed E-state index contributed by atoms with van der Waals surface area (Å²) in [6, 6.07) is 21.3. The third-order valence-corrected chi connectivity index (χ3v) is 14.3. The first-order chi connectivity index (χ1) is 24.0. The molecule has 6 rings (SSSR count). The Hall–Kier alpha value is -2.47. The molecule has 5 nitrogen and oxygen atoms in total. The average Bonchev–Trinajstić information content (AvgIpc) is 3.46. The maximum Gasteiger partial charge on any atom is 0.302 e. The van der Waals surface area contributed by atoms with E-state index in [1.165, 1.54) is 49.3 Å². The van der Waals surface area contributed by atoms with E-state index in [0.29, 0.717) is 55.3 Å². The first kappa shape index (κ1) is 37.3. The normalized spacial score (nSPS) is 33.8. The fourth-order valence-corrected chi connectivity index (χ4v) is 11.3. The van der Waals surface area contributed by atoms with Crippen molar-refractivity contribution in [1.82, 2.24) is 0 Å².